The number of aromatic nitrogens is 3. The van der Waals surface area contributed by atoms with E-state index in [2.05, 4.69) is 16.3 Å². The SMILES string of the molecule is Cn1ccc(-c2[c]nccc2)n1. The molecule has 0 bridgehead atoms. The van der Waals surface area contributed by atoms with Crippen molar-refractivity contribution in [2.45, 2.75) is 0 Å². The van der Waals surface area contributed by atoms with Gasteiger partial charge in [0, 0.05) is 25.0 Å². The zero-order valence-electron chi connectivity index (χ0n) is 6.73. The van der Waals surface area contributed by atoms with Crippen molar-refractivity contribution in [3.8, 4) is 11.3 Å². The van der Waals surface area contributed by atoms with E-state index in [1.807, 2.05) is 31.4 Å². The van der Waals surface area contributed by atoms with Gasteiger partial charge in [-0.15, -0.1) is 0 Å². The van der Waals surface area contributed by atoms with Gasteiger partial charge in [-0.2, -0.15) is 5.10 Å². The molecule has 0 atom stereocenters. The molecule has 0 unspecified atom stereocenters. The molecule has 2 aromatic rings. The number of aryl methyl sites for hydroxylation is 1. The molecule has 0 aliphatic heterocycles. The quantitative estimate of drug-likeness (QED) is 0.626. The van der Waals surface area contributed by atoms with Crippen LogP contribution in [0.15, 0.2) is 30.6 Å². The van der Waals surface area contributed by atoms with E-state index in [9.17, 15) is 0 Å². The van der Waals surface area contributed by atoms with Crippen LogP contribution in [0.3, 0.4) is 0 Å². The van der Waals surface area contributed by atoms with Crippen LogP contribution in [-0.2, 0) is 7.05 Å². The zero-order valence-corrected chi connectivity index (χ0v) is 6.73. The fraction of sp³-hybridized carbons (Fsp3) is 0.111. The lowest BCUT2D eigenvalue weighted by Gasteiger charge is -1.91. The molecule has 0 saturated heterocycles. The van der Waals surface area contributed by atoms with E-state index < -0.39 is 0 Å². The first-order valence-electron chi connectivity index (χ1n) is 3.69. The minimum Gasteiger partial charge on any atom is -0.275 e. The lowest BCUT2D eigenvalue weighted by Crippen LogP contribution is -1.87. The van der Waals surface area contributed by atoms with Crippen LogP contribution in [0.4, 0.5) is 0 Å². The van der Waals surface area contributed by atoms with Crippen molar-refractivity contribution < 1.29 is 0 Å². The van der Waals surface area contributed by atoms with Gasteiger partial charge in [-0.05, 0) is 18.2 Å². The summed E-state index contributed by atoms with van der Waals surface area (Å²) in [6, 6.07) is 5.75. The molecule has 2 rings (SSSR count). The summed E-state index contributed by atoms with van der Waals surface area (Å²) in [5.41, 5.74) is 1.84. The Morgan fingerprint density at radius 1 is 1.42 bits per heavy atom. The Kier molecular flexibility index (Phi) is 1.63. The largest absolute Gasteiger partial charge is 0.275 e. The highest BCUT2D eigenvalue weighted by molar-refractivity contribution is 5.55. The van der Waals surface area contributed by atoms with Gasteiger partial charge in [0.25, 0.3) is 0 Å². The molecule has 0 spiro atoms. The molecular weight excluding hydrogens is 150 g/mol. The Labute approximate surface area is 70.7 Å². The Morgan fingerprint density at radius 2 is 2.33 bits per heavy atom. The monoisotopic (exact) mass is 158 g/mol. The molecule has 0 saturated carbocycles. The Morgan fingerprint density at radius 3 is 2.92 bits per heavy atom. The van der Waals surface area contributed by atoms with Crippen LogP contribution in [0.25, 0.3) is 11.3 Å². The first-order chi connectivity index (χ1) is 5.86. The summed E-state index contributed by atoms with van der Waals surface area (Å²) in [5.74, 6) is 0. The van der Waals surface area contributed by atoms with Crippen LogP contribution in [0.2, 0.25) is 0 Å². The fourth-order valence-corrected chi connectivity index (χ4v) is 1.03. The number of pyridine rings is 1. The van der Waals surface area contributed by atoms with Crippen molar-refractivity contribution >= 4 is 0 Å². The maximum atomic E-state index is 4.23. The number of rotatable bonds is 1. The van der Waals surface area contributed by atoms with Gasteiger partial charge in [0.05, 0.1) is 11.9 Å². The summed E-state index contributed by atoms with van der Waals surface area (Å²) in [6.07, 6.45) is 6.47. The highest BCUT2D eigenvalue weighted by Crippen LogP contribution is 2.12. The van der Waals surface area contributed by atoms with Gasteiger partial charge in [-0.1, -0.05) is 0 Å². The summed E-state index contributed by atoms with van der Waals surface area (Å²) in [6.45, 7) is 0. The van der Waals surface area contributed by atoms with Crippen molar-refractivity contribution in [3.05, 3.63) is 36.8 Å². The van der Waals surface area contributed by atoms with Crippen molar-refractivity contribution in [3.63, 3.8) is 0 Å². The third-order valence-corrected chi connectivity index (χ3v) is 1.60. The minimum absolute atomic E-state index is 0.908. The Hall–Kier alpha value is -1.64. The molecule has 3 nitrogen and oxygen atoms in total. The third-order valence-electron chi connectivity index (χ3n) is 1.60. The van der Waals surface area contributed by atoms with E-state index in [-0.39, 0.29) is 0 Å². The van der Waals surface area contributed by atoms with Gasteiger partial charge in [0.2, 0.25) is 0 Å². The molecule has 2 aromatic heterocycles. The summed E-state index contributed by atoms with van der Waals surface area (Å²) in [4.78, 5) is 3.90. The molecule has 0 amide bonds. The second-order valence-electron chi connectivity index (χ2n) is 2.54. The smallest absolute Gasteiger partial charge is 0.0987 e. The summed E-state index contributed by atoms with van der Waals surface area (Å²) in [7, 11) is 1.89. The molecule has 0 aliphatic carbocycles. The first kappa shape index (κ1) is 7.03. The zero-order chi connectivity index (χ0) is 8.39. The van der Waals surface area contributed by atoms with E-state index in [1.165, 1.54) is 0 Å². The van der Waals surface area contributed by atoms with Crippen LogP contribution in [0.5, 0.6) is 0 Å². The van der Waals surface area contributed by atoms with Crippen molar-refractivity contribution in [1.29, 1.82) is 0 Å². The average molecular weight is 158 g/mol. The van der Waals surface area contributed by atoms with E-state index in [1.54, 1.807) is 10.9 Å². The molecule has 1 radical (unpaired) electrons. The predicted molar refractivity (Wildman–Crippen MR) is 45.3 cm³/mol. The summed E-state index contributed by atoms with van der Waals surface area (Å²) in [5, 5.41) is 4.23. The third kappa shape index (κ3) is 1.21. The van der Waals surface area contributed by atoms with Crippen molar-refractivity contribution in [1.82, 2.24) is 14.8 Å². The molecule has 2 heterocycles. The van der Waals surface area contributed by atoms with Crippen LogP contribution in [-0.4, -0.2) is 14.8 Å². The molecule has 0 aliphatic rings. The van der Waals surface area contributed by atoms with Gasteiger partial charge in [-0.25, -0.2) is 0 Å². The number of hydrogen-bond donors (Lipinski definition) is 0. The standard InChI is InChI=1S/C9H8N3/c1-12-6-4-9(11-12)8-3-2-5-10-7-8/h2-6H,1H3. The fourth-order valence-electron chi connectivity index (χ4n) is 1.03. The normalized spacial score (nSPS) is 10.1. The second-order valence-corrected chi connectivity index (χ2v) is 2.54. The van der Waals surface area contributed by atoms with Crippen molar-refractivity contribution in [2.75, 3.05) is 0 Å². The molecule has 0 fully saturated rings. The van der Waals surface area contributed by atoms with E-state index in [4.69, 9.17) is 0 Å². The van der Waals surface area contributed by atoms with Crippen LogP contribution in [0, 0.1) is 6.20 Å². The minimum atomic E-state index is 0.908. The first-order valence-corrected chi connectivity index (χ1v) is 3.69. The Bertz CT molecular complexity index is 364. The molecule has 59 valence electrons. The lowest BCUT2D eigenvalue weighted by molar-refractivity contribution is 0.770. The highest BCUT2D eigenvalue weighted by Gasteiger charge is 1.99. The molecule has 3 heteroatoms. The number of hydrogen-bond acceptors (Lipinski definition) is 2. The maximum absolute atomic E-state index is 4.23. The summed E-state index contributed by atoms with van der Waals surface area (Å²) >= 11 is 0. The van der Waals surface area contributed by atoms with Gasteiger partial charge < -0.3 is 0 Å². The summed E-state index contributed by atoms with van der Waals surface area (Å²) < 4.78 is 1.76. The predicted octanol–water partition coefficient (Wildman–Crippen LogP) is 1.28. The van der Waals surface area contributed by atoms with Gasteiger partial charge in [0.1, 0.15) is 0 Å². The van der Waals surface area contributed by atoms with Gasteiger partial charge in [0.15, 0.2) is 0 Å². The lowest BCUT2D eigenvalue weighted by atomic mass is 10.2. The van der Waals surface area contributed by atoms with Gasteiger partial charge >= 0.3 is 0 Å². The highest BCUT2D eigenvalue weighted by atomic mass is 15.2. The van der Waals surface area contributed by atoms with Crippen LogP contribution >= 0.6 is 0 Å². The van der Waals surface area contributed by atoms with Crippen LogP contribution in [0.1, 0.15) is 0 Å². The average Bonchev–Trinajstić information content (AvgIpc) is 2.54. The molecule has 0 aromatic carbocycles. The molecular formula is C9H8N3. The van der Waals surface area contributed by atoms with E-state index in [0.29, 0.717) is 0 Å². The van der Waals surface area contributed by atoms with Crippen molar-refractivity contribution in [2.24, 2.45) is 7.05 Å². The van der Waals surface area contributed by atoms with E-state index >= 15 is 0 Å². The van der Waals surface area contributed by atoms with E-state index in [0.717, 1.165) is 11.3 Å². The topological polar surface area (TPSA) is 30.7 Å². The van der Waals surface area contributed by atoms with Gasteiger partial charge in [-0.3, -0.25) is 9.67 Å². The Balaban J connectivity index is 2.45. The second kappa shape index (κ2) is 2.77. The van der Waals surface area contributed by atoms with Crippen LogP contribution < -0.4 is 0 Å². The molecule has 0 N–H and O–H groups in total. The maximum Gasteiger partial charge on any atom is 0.0987 e. The number of nitrogens with zero attached hydrogens (tertiary/aromatic N) is 3. The molecule has 12 heavy (non-hydrogen) atoms.